The molecule has 0 radical (unpaired) electrons. The van der Waals surface area contributed by atoms with Gasteiger partial charge >= 0.3 is 0 Å². The third kappa shape index (κ3) is 4.09. The fourth-order valence-electron chi connectivity index (χ4n) is 6.88. The summed E-state index contributed by atoms with van der Waals surface area (Å²) in [6.07, 6.45) is 11.6. The van der Waals surface area contributed by atoms with Gasteiger partial charge in [0.25, 0.3) is 0 Å². The molecule has 0 aromatic heterocycles. The van der Waals surface area contributed by atoms with E-state index in [1.54, 1.807) is 9.80 Å². The number of carbonyl (C=O) groups excluding carboxylic acids is 3. The number of aliphatic hydroxyl groups is 1. The van der Waals surface area contributed by atoms with E-state index in [1.165, 1.54) is 0 Å². The molecule has 1 unspecified atom stereocenters. The maximum Gasteiger partial charge on any atom is 0.249 e. The first-order valence-electron chi connectivity index (χ1n) is 14.1. The zero-order valence-electron chi connectivity index (χ0n) is 22.4. The minimum atomic E-state index is -1.25. The maximum atomic E-state index is 14.4. The van der Waals surface area contributed by atoms with E-state index in [2.05, 4.69) is 6.92 Å². The van der Waals surface area contributed by atoms with Crippen LogP contribution in [-0.2, 0) is 19.1 Å². The Hall–Kier alpha value is -2.97. The molecule has 8 nitrogen and oxygen atoms in total. The summed E-state index contributed by atoms with van der Waals surface area (Å²) in [5, 5.41) is 9.58. The Bertz CT molecular complexity index is 1120. The topological polar surface area (TPSA) is 90.4 Å². The number of para-hydroxylation sites is 1. The van der Waals surface area contributed by atoms with Gasteiger partial charge in [0.15, 0.2) is 0 Å². The van der Waals surface area contributed by atoms with Gasteiger partial charge in [-0.3, -0.25) is 14.4 Å². The number of fused-ring (bicyclic) bond motifs is 2. The van der Waals surface area contributed by atoms with Crippen LogP contribution in [-0.4, -0.2) is 82.7 Å². The summed E-state index contributed by atoms with van der Waals surface area (Å²) in [7, 11) is 0. The zero-order chi connectivity index (χ0) is 26.9. The highest BCUT2D eigenvalue weighted by Crippen LogP contribution is 2.58. The second kappa shape index (κ2) is 10.7. The van der Waals surface area contributed by atoms with Gasteiger partial charge in [-0.25, -0.2) is 0 Å². The molecule has 4 aliphatic rings. The maximum absolute atomic E-state index is 14.4. The molecule has 5 atom stereocenters. The molecule has 0 saturated carbocycles. The largest absolute Gasteiger partial charge is 0.396 e. The quantitative estimate of drug-likeness (QED) is 0.399. The number of carbonyl (C=O) groups is 3. The van der Waals surface area contributed by atoms with E-state index in [9.17, 15) is 19.5 Å². The zero-order valence-corrected chi connectivity index (χ0v) is 22.4. The number of hydrogen-bond acceptors (Lipinski definition) is 5. The van der Waals surface area contributed by atoms with Gasteiger partial charge in [-0.15, -0.1) is 0 Å². The second-order valence-electron chi connectivity index (χ2n) is 10.8. The average molecular weight is 522 g/mol. The smallest absolute Gasteiger partial charge is 0.249 e. The van der Waals surface area contributed by atoms with Crippen molar-refractivity contribution in [2.45, 2.75) is 63.2 Å². The third-order valence-corrected chi connectivity index (χ3v) is 8.68. The van der Waals surface area contributed by atoms with Gasteiger partial charge in [-0.1, -0.05) is 69.2 Å². The van der Waals surface area contributed by atoms with Crippen LogP contribution in [0.1, 0.15) is 46.0 Å². The number of ether oxygens (including phenoxy) is 1. The van der Waals surface area contributed by atoms with Gasteiger partial charge in [0.1, 0.15) is 11.6 Å². The van der Waals surface area contributed by atoms with Crippen molar-refractivity contribution >= 4 is 23.4 Å². The van der Waals surface area contributed by atoms with E-state index >= 15 is 0 Å². The van der Waals surface area contributed by atoms with E-state index in [-0.39, 0.29) is 30.9 Å². The van der Waals surface area contributed by atoms with Gasteiger partial charge in [-0.05, 0) is 31.4 Å². The van der Waals surface area contributed by atoms with Gasteiger partial charge in [0.05, 0.1) is 17.4 Å². The monoisotopic (exact) mass is 521 g/mol. The summed E-state index contributed by atoms with van der Waals surface area (Å²) in [4.78, 5) is 47.9. The molecule has 0 aliphatic carbocycles. The van der Waals surface area contributed by atoms with Crippen LogP contribution < -0.4 is 4.90 Å². The Balaban J connectivity index is 1.60. The number of rotatable bonds is 9. The molecule has 204 valence electrons. The molecule has 5 rings (SSSR count). The number of unbranched alkanes of at least 4 members (excludes halogenated alkanes) is 2. The highest BCUT2D eigenvalue weighted by Gasteiger charge is 2.75. The van der Waals surface area contributed by atoms with Crippen molar-refractivity contribution in [1.82, 2.24) is 9.80 Å². The fraction of sp³-hybridized carbons (Fsp3) is 0.567. The molecule has 1 N–H and O–H groups in total. The molecule has 1 aromatic rings. The normalized spacial score (nSPS) is 32.3. The van der Waals surface area contributed by atoms with E-state index in [1.807, 2.05) is 66.5 Å². The van der Waals surface area contributed by atoms with Crippen molar-refractivity contribution in [3.8, 4) is 0 Å². The molecule has 0 bridgehead atoms. The van der Waals surface area contributed by atoms with E-state index in [4.69, 9.17) is 4.74 Å². The van der Waals surface area contributed by atoms with Gasteiger partial charge in [0, 0.05) is 38.5 Å². The molecule has 1 aromatic carbocycles. The molecular formula is C30H39N3O5. The first-order valence-corrected chi connectivity index (χ1v) is 14.1. The van der Waals surface area contributed by atoms with Crippen LogP contribution in [0.15, 0.2) is 54.6 Å². The highest BCUT2D eigenvalue weighted by molar-refractivity contribution is 6.04. The standard InChI is InChI=1S/C30H39N3O5/c1-3-5-9-17-31-18-11-16-30-24(27(36)33(20-12-21-34)25(30)28(31)37)23-26(35)32(22-13-7-6-8-14-22)19-10-15-29(23,4-2)38-30/h6-8,10-11,13-16,23-25,34H,3-5,9,12,17-21H2,1-2H3/t23-,24+,25?,29+,30+/m1/s1. The van der Waals surface area contributed by atoms with E-state index in [0.717, 1.165) is 24.9 Å². The lowest BCUT2D eigenvalue weighted by molar-refractivity contribution is -0.152. The second-order valence-corrected chi connectivity index (χ2v) is 10.8. The molecule has 8 heteroatoms. The summed E-state index contributed by atoms with van der Waals surface area (Å²) in [6.45, 7) is 5.69. The van der Waals surface area contributed by atoms with Crippen molar-refractivity contribution in [2.75, 3.05) is 37.7 Å². The first kappa shape index (κ1) is 26.6. The molecule has 4 heterocycles. The van der Waals surface area contributed by atoms with Crippen LogP contribution in [0.3, 0.4) is 0 Å². The van der Waals surface area contributed by atoms with E-state index < -0.39 is 29.1 Å². The minimum Gasteiger partial charge on any atom is -0.396 e. The van der Waals surface area contributed by atoms with Crippen LogP contribution >= 0.6 is 0 Å². The van der Waals surface area contributed by atoms with Crippen molar-refractivity contribution in [3.05, 3.63) is 54.6 Å². The molecular weight excluding hydrogens is 482 g/mol. The molecule has 38 heavy (non-hydrogen) atoms. The molecule has 4 aliphatic heterocycles. The van der Waals surface area contributed by atoms with Crippen LogP contribution in [0.2, 0.25) is 0 Å². The van der Waals surface area contributed by atoms with Crippen LogP contribution in [0, 0.1) is 11.8 Å². The van der Waals surface area contributed by atoms with Crippen LogP contribution in [0.25, 0.3) is 0 Å². The van der Waals surface area contributed by atoms with Crippen LogP contribution in [0.5, 0.6) is 0 Å². The molecule has 3 amide bonds. The minimum absolute atomic E-state index is 0.0922. The van der Waals surface area contributed by atoms with Gasteiger partial charge in [0.2, 0.25) is 17.7 Å². The summed E-state index contributed by atoms with van der Waals surface area (Å²) >= 11 is 0. The van der Waals surface area contributed by atoms with Crippen molar-refractivity contribution in [3.63, 3.8) is 0 Å². The Morgan fingerprint density at radius 3 is 2.37 bits per heavy atom. The summed E-state index contributed by atoms with van der Waals surface area (Å²) in [5.41, 5.74) is -1.47. The lowest BCUT2D eigenvalue weighted by atomic mass is 9.73. The lowest BCUT2D eigenvalue weighted by Crippen LogP contribution is -2.56. The summed E-state index contributed by atoms with van der Waals surface area (Å²) in [6, 6.07) is 8.62. The van der Waals surface area contributed by atoms with Crippen LogP contribution in [0.4, 0.5) is 5.69 Å². The Morgan fingerprint density at radius 2 is 1.66 bits per heavy atom. The molecule has 2 saturated heterocycles. The van der Waals surface area contributed by atoms with Gasteiger partial charge in [-0.2, -0.15) is 0 Å². The average Bonchev–Trinajstić information content (AvgIpc) is 3.22. The van der Waals surface area contributed by atoms with E-state index in [0.29, 0.717) is 32.5 Å². The number of hydrogen-bond donors (Lipinski definition) is 1. The number of aliphatic hydroxyl groups excluding tert-OH is 1. The number of anilines is 1. The van der Waals surface area contributed by atoms with Crippen molar-refractivity contribution in [2.24, 2.45) is 11.8 Å². The molecule has 1 spiro atoms. The fourth-order valence-corrected chi connectivity index (χ4v) is 6.88. The Labute approximate surface area is 224 Å². The van der Waals surface area contributed by atoms with Crippen molar-refractivity contribution < 1.29 is 24.2 Å². The number of likely N-dealkylation sites (tertiary alicyclic amines) is 1. The summed E-state index contributed by atoms with van der Waals surface area (Å²) < 4.78 is 6.96. The predicted octanol–water partition coefficient (Wildman–Crippen LogP) is 2.92. The number of benzene rings is 1. The Morgan fingerprint density at radius 1 is 0.895 bits per heavy atom. The molecule has 2 fully saturated rings. The van der Waals surface area contributed by atoms with Crippen molar-refractivity contribution in [1.29, 1.82) is 0 Å². The summed E-state index contributed by atoms with van der Waals surface area (Å²) in [5.74, 6) is -2.15. The lowest BCUT2D eigenvalue weighted by Gasteiger charge is -2.38. The SMILES string of the molecule is CCCCCN1CC=C[C@]23O[C@@]4(CC)C=CCN(c5ccccc5)C(=O)[C@H]4[C@H]2C(=O)N(CCCO)C3C1=O. The predicted molar refractivity (Wildman–Crippen MR) is 144 cm³/mol. The van der Waals surface area contributed by atoms with Gasteiger partial charge < -0.3 is 24.5 Å². The first-order chi connectivity index (χ1) is 18.4. The Kier molecular flexibility index (Phi) is 7.47. The number of amides is 3. The third-order valence-electron chi connectivity index (χ3n) is 8.68. The highest BCUT2D eigenvalue weighted by atomic mass is 16.5. The number of nitrogens with zero attached hydrogens (tertiary/aromatic N) is 3.